The molecule has 12 nitrogen and oxygen atoms in total. The largest absolute Gasteiger partial charge is 0.495 e. The van der Waals surface area contributed by atoms with Gasteiger partial charge in [0.05, 0.1) is 18.2 Å². The lowest BCUT2D eigenvalue weighted by molar-refractivity contribution is -0.131. The molecule has 1 atom stereocenters. The van der Waals surface area contributed by atoms with Gasteiger partial charge < -0.3 is 24.8 Å². The third kappa shape index (κ3) is 12.2. The number of hydrogen-bond donors (Lipinski definition) is 2. The van der Waals surface area contributed by atoms with Crippen molar-refractivity contribution in [1.29, 1.82) is 0 Å². The number of urea groups is 1. The van der Waals surface area contributed by atoms with E-state index in [9.17, 15) is 24.0 Å². The average molecular weight is 780 g/mol. The van der Waals surface area contributed by atoms with E-state index in [2.05, 4.69) is 22.7 Å². The maximum atomic E-state index is 14.2. The van der Waals surface area contributed by atoms with Crippen molar-refractivity contribution in [2.24, 2.45) is 0 Å². The number of nitrogens with zero attached hydrogens (tertiary/aromatic N) is 3. The van der Waals surface area contributed by atoms with Gasteiger partial charge in [-0.05, 0) is 42.3 Å². The topological polar surface area (TPSA) is 151 Å². The molecule has 1 fully saturated rings. The monoisotopic (exact) mass is 779 g/mol. The summed E-state index contributed by atoms with van der Waals surface area (Å²) >= 11 is 0. The number of anilines is 2. The quantitative estimate of drug-likeness (QED) is 0.0292. The second-order valence-electron chi connectivity index (χ2n) is 14.8. The Morgan fingerprint density at radius 1 is 0.772 bits per heavy atom. The predicted molar refractivity (Wildman–Crippen MR) is 221 cm³/mol. The first kappa shape index (κ1) is 42.6. The van der Waals surface area contributed by atoms with Crippen LogP contribution < -0.4 is 15.4 Å². The highest BCUT2D eigenvalue weighted by molar-refractivity contribution is 6.24. The van der Waals surface area contributed by atoms with Gasteiger partial charge in [-0.2, -0.15) is 0 Å². The molecule has 1 saturated heterocycles. The molecule has 0 saturated carbocycles. The fraction of sp³-hybridized carbons (Fsp3) is 0.467. The van der Waals surface area contributed by atoms with Crippen molar-refractivity contribution in [3.63, 3.8) is 0 Å². The number of nitrogens with one attached hydrogen (secondary N) is 2. The van der Waals surface area contributed by atoms with Crippen LogP contribution in [0.4, 0.5) is 16.2 Å². The minimum absolute atomic E-state index is 0.103. The molecule has 1 aliphatic rings. The second kappa shape index (κ2) is 22.3. The van der Waals surface area contributed by atoms with Gasteiger partial charge in [-0.25, -0.2) is 9.69 Å². The number of rotatable bonds is 25. The van der Waals surface area contributed by atoms with Crippen LogP contribution >= 0.6 is 0 Å². The van der Waals surface area contributed by atoms with E-state index in [0.717, 1.165) is 24.8 Å². The van der Waals surface area contributed by atoms with Crippen molar-refractivity contribution in [2.75, 3.05) is 24.3 Å². The number of fused-ring (bicyclic) bond motifs is 1. The van der Waals surface area contributed by atoms with Gasteiger partial charge in [-0.3, -0.25) is 19.2 Å². The Labute approximate surface area is 335 Å². The smallest absolute Gasteiger partial charge is 0.328 e. The molecule has 0 radical (unpaired) electrons. The molecular formula is C45H57N5O7. The van der Waals surface area contributed by atoms with Gasteiger partial charge in [-0.15, -0.1) is 0 Å². The normalized spacial score (nSPS) is 13.3. The van der Waals surface area contributed by atoms with Crippen LogP contribution in [0.1, 0.15) is 126 Å². The lowest BCUT2D eigenvalue weighted by Crippen LogP contribution is -2.52. The number of Topliss-reactive ketones (excluding diaryl/α,β-unsaturated/α-hetero) is 1. The molecule has 5 amide bonds. The summed E-state index contributed by atoms with van der Waals surface area (Å²) in [5, 5.41) is 9.83. The van der Waals surface area contributed by atoms with E-state index < -0.39 is 29.7 Å². The summed E-state index contributed by atoms with van der Waals surface area (Å²) < 4.78 is 10.8. The molecular weight excluding hydrogens is 723 g/mol. The van der Waals surface area contributed by atoms with Crippen LogP contribution in [-0.4, -0.2) is 64.2 Å². The molecule has 304 valence electrons. The van der Waals surface area contributed by atoms with Gasteiger partial charge >= 0.3 is 6.03 Å². The zero-order valence-electron chi connectivity index (χ0n) is 33.4. The van der Waals surface area contributed by atoms with E-state index in [-0.39, 0.29) is 36.1 Å². The average Bonchev–Trinajstić information content (AvgIpc) is 3.76. The zero-order chi connectivity index (χ0) is 40.4. The van der Waals surface area contributed by atoms with Crippen molar-refractivity contribution in [2.45, 2.75) is 122 Å². The van der Waals surface area contributed by atoms with E-state index in [0.29, 0.717) is 28.0 Å². The van der Waals surface area contributed by atoms with Gasteiger partial charge in [0, 0.05) is 18.7 Å². The van der Waals surface area contributed by atoms with Gasteiger partial charge in [0.2, 0.25) is 11.7 Å². The number of ketones is 1. The fourth-order valence-corrected chi connectivity index (χ4v) is 7.26. The molecule has 0 spiro atoms. The molecule has 5 rings (SSSR count). The molecule has 12 heteroatoms. The molecule has 1 unspecified atom stereocenters. The minimum atomic E-state index is -1.92. The number of hydrogen-bond acceptors (Lipinski definition) is 8. The van der Waals surface area contributed by atoms with E-state index in [4.69, 9.17) is 9.26 Å². The van der Waals surface area contributed by atoms with Crippen LogP contribution in [0.25, 0.3) is 11.0 Å². The van der Waals surface area contributed by atoms with Crippen LogP contribution in [0.2, 0.25) is 0 Å². The molecule has 0 bridgehead atoms. The van der Waals surface area contributed by atoms with Crippen LogP contribution in [0.3, 0.4) is 0 Å². The summed E-state index contributed by atoms with van der Waals surface area (Å²) in [6.07, 6.45) is 19.0. The first-order valence-corrected chi connectivity index (χ1v) is 20.6. The highest BCUT2D eigenvalue weighted by Crippen LogP contribution is 2.30. The highest BCUT2D eigenvalue weighted by Gasteiger charge is 2.48. The molecule has 2 N–H and O–H groups in total. The number of para-hydroxylation sites is 1. The lowest BCUT2D eigenvalue weighted by atomic mass is 10.0. The first-order chi connectivity index (χ1) is 27.8. The number of benzene rings is 3. The van der Waals surface area contributed by atoms with E-state index >= 15 is 0 Å². The summed E-state index contributed by atoms with van der Waals surface area (Å²) in [4.78, 5) is 70.5. The van der Waals surface area contributed by atoms with Gasteiger partial charge in [-0.1, -0.05) is 144 Å². The van der Waals surface area contributed by atoms with Crippen LogP contribution in [0.15, 0.2) is 77.3 Å². The van der Waals surface area contributed by atoms with Crippen LogP contribution in [-0.2, 0) is 20.9 Å². The molecule has 2 heterocycles. The van der Waals surface area contributed by atoms with Crippen molar-refractivity contribution in [1.82, 2.24) is 15.0 Å². The third-order valence-corrected chi connectivity index (χ3v) is 10.4. The van der Waals surface area contributed by atoms with Crippen LogP contribution in [0.5, 0.6) is 5.75 Å². The number of ether oxygens (including phenoxy) is 1. The van der Waals surface area contributed by atoms with Gasteiger partial charge in [0.25, 0.3) is 11.8 Å². The number of unbranched alkanes of at least 4 members (excludes halogenated alkanes) is 14. The SMILES string of the molecule is CCCCCCCCCCCCCCCCCC(=O)Nc1ccc(OC)c(NC(=O)C(C(=O)c2noc3ccccc23)N2C(=O)CN(Cc3ccccc3)C2=O)c1. The lowest BCUT2D eigenvalue weighted by Gasteiger charge is -2.24. The number of methoxy groups -OCH3 is 1. The number of carbonyl (C=O) groups excluding carboxylic acids is 5. The van der Waals surface area contributed by atoms with Crippen molar-refractivity contribution < 1.29 is 33.2 Å². The summed E-state index contributed by atoms with van der Waals surface area (Å²) in [6, 6.07) is 17.7. The fourth-order valence-electron chi connectivity index (χ4n) is 7.26. The Bertz CT molecular complexity index is 1940. The maximum Gasteiger partial charge on any atom is 0.328 e. The van der Waals surface area contributed by atoms with E-state index in [1.54, 1.807) is 36.4 Å². The number of aromatic nitrogens is 1. The maximum absolute atomic E-state index is 14.2. The van der Waals surface area contributed by atoms with Crippen LogP contribution in [0, 0.1) is 0 Å². The standard InChI is InChI=1S/C45H57N5O7/c1-3-4-5-6-7-8-9-10-11-12-13-14-15-16-20-27-39(51)46-34-28-29-38(56-2)36(30-34)47-44(54)42(43(53)41-35-25-21-22-26-37(35)57-48-41)50-40(52)32-49(45(50)55)31-33-23-18-17-19-24-33/h17-19,21-26,28-30,42H,3-16,20,27,31-32H2,1-2H3,(H,46,51)(H,47,54). The Hall–Kier alpha value is -5.52. The summed E-state index contributed by atoms with van der Waals surface area (Å²) in [5.74, 6) is -2.50. The third-order valence-electron chi connectivity index (χ3n) is 10.4. The summed E-state index contributed by atoms with van der Waals surface area (Å²) in [7, 11) is 1.42. The van der Waals surface area contributed by atoms with Gasteiger partial charge in [0.15, 0.2) is 17.3 Å². The Kier molecular flexibility index (Phi) is 16.7. The number of imide groups is 1. The second-order valence-corrected chi connectivity index (χ2v) is 14.8. The Balaban J connectivity index is 1.17. The van der Waals surface area contributed by atoms with Crippen molar-refractivity contribution in [3.05, 3.63) is 84.1 Å². The molecule has 0 aliphatic carbocycles. The zero-order valence-corrected chi connectivity index (χ0v) is 33.4. The Morgan fingerprint density at radius 2 is 1.39 bits per heavy atom. The number of carbonyl (C=O) groups is 5. The predicted octanol–water partition coefficient (Wildman–Crippen LogP) is 9.69. The Morgan fingerprint density at radius 3 is 2.04 bits per heavy atom. The van der Waals surface area contributed by atoms with Crippen molar-refractivity contribution in [3.8, 4) is 5.75 Å². The van der Waals surface area contributed by atoms with Gasteiger partial charge in [0.1, 0.15) is 12.3 Å². The highest BCUT2D eigenvalue weighted by atomic mass is 16.5. The molecule has 3 aromatic carbocycles. The molecule has 57 heavy (non-hydrogen) atoms. The number of amides is 5. The summed E-state index contributed by atoms with van der Waals surface area (Å²) in [6.45, 7) is 2.03. The van der Waals surface area contributed by atoms with E-state index in [1.807, 2.05) is 30.3 Å². The summed E-state index contributed by atoms with van der Waals surface area (Å²) in [5.41, 5.74) is 1.43. The molecule has 4 aromatic rings. The van der Waals surface area contributed by atoms with Crippen molar-refractivity contribution >= 4 is 51.9 Å². The molecule has 1 aliphatic heterocycles. The first-order valence-electron chi connectivity index (χ1n) is 20.6. The molecule has 1 aromatic heterocycles. The van der Waals surface area contributed by atoms with E-state index in [1.165, 1.54) is 95.1 Å². The minimum Gasteiger partial charge on any atom is -0.495 e.